The zero-order chi connectivity index (χ0) is 13.0. The Morgan fingerprint density at radius 2 is 2.00 bits per heavy atom. The van der Waals surface area contributed by atoms with Gasteiger partial charge in [-0.25, -0.2) is 4.98 Å². The van der Waals surface area contributed by atoms with E-state index in [9.17, 15) is 0 Å². The van der Waals surface area contributed by atoms with Crippen LogP contribution >= 0.6 is 11.8 Å². The van der Waals surface area contributed by atoms with Gasteiger partial charge in [0.25, 0.3) is 0 Å². The summed E-state index contributed by atoms with van der Waals surface area (Å²) in [6.45, 7) is 4.30. The van der Waals surface area contributed by atoms with E-state index in [0.29, 0.717) is 0 Å². The molecule has 0 bridgehead atoms. The third-order valence-corrected chi connectivity index (χ3v) is 4.04. The van der Waals surface area contributed by atoms with Crippen molar-refractivity contribution in [3.8, 4) is 0 Å². The van der Waals surface area contributed by atoms with Gasteiger partial charge < -0.3 is 5.32 Å². The van der Waals surface area contributed by atoms with Gasteiger partial charge >= 0.3 is 0 Å². The summed E-state index contributed by atoms with van der Waals surface area (Å²) in [5.74, 6) is 1.90. The summed E-state index contributed by atoms with van der Waals surface area (Å²) in [6.07, 6.45) is 1.82. The quantitative estimate of drug-likeness (QED) is 0.838. The number of pyridine rings is 1. The molecule has 2 nitrogen and oxygen atoms in total. The van der Waals surface area contributed by atoms with Crippen LogP contribution in [-0.2, 0) is 5.75 Å². The predicted molar refractivity (Wildman–Crippen MR) is 79.3 cm³/mol. The molecule has 0 saturated carbocycles. The van der Waals surface area contributed by atoms with E-state index >= 15 is 0 Å². The number of hydrogen-bond donors (Lipinski definition) is 1. The highest BCUT2D eigenvalue weighted by molar-refractivity contribution is 7.98. The third kappa shape index (κ3) is 3.05. The maximum absolute atomic E-state index is 4.32. The van der Waals surface area contributed by atoms with Gasteiger partial charge in [-0.15, -0.1) is 11.8 Å². The van der Waals surface area contributed by atoms with Crippen molar-refractivity contribution in [3.05, 3.63) is 53.2 Å². The highest BCUT2D eigenvalue weighted by Crippen LogP contribution is 2.26. The van der Waals surface area contributed by atoms with Crippen LogP contribution in [0.4, 0.5) is 5.82 Å². The van der Waals surface area contributed by atoms with Gasteiger partial charge in [0.1, 0.15) is 5.82 Å². The minimum absolute atomic E-state index is 0.937. The molecule has 0 aliphatic carbocycles. The van der Waals surface area contributed by atoms with Crippen molar-refractivity contribution in [2.24, 2.45) is 0 Å². The number of benzene rings is 1. The van der Waals surface area contributed by atoms with Gasteiger partial charge in [-0.3, -0.25) is 0 Å². The second kappa shape index (κ2) is 5.91. The standard InChI is InChI=1S/C15H18N2S/c1-11-6-7-14(9-12(11)2)18-10-13-5-4-8-17-15(13)16-3/h4-9H,10H2,1-3H3,(H,16,17). The number of aromatic nitrogens is 1. The molecule has 0 spiro atoms. The van der Waals surface area contributed by atoms with Crippen molar-refractivity contribution < 1.29 is 0 Å². The normalized spacial score (nSPS) is 10.4. The molecule has 3 heteroatoms. The molecule has 0 unspecified atom stereocenters. The van der Waals surface area contributed by atoms with Crippen molar-refractivity contribution in [1.82, 2.24) is 4.98 Å². The third-order valence-electron chi connectivity index (χ3n) is 3.00. The van der Waals surface area contributed by atoms with Gasteiger partial charge in [-0.1, -0.05) is 12.1 Å². The Balaban J connectivity index is 2.09. The van der Waals surface area contributed by atoms with Crippen LogP contribution in [0.3, 0.4) is 0 Å². The zero-order valence-corrected chi connectivity index (χ0v) is 11.8. The Morgan fingerprint density at radius 1 is 1.17 bits per heavy atom. The van der Waals surface area contributed by atoms with Crippen LogP contribution in [0.5, 0.6) is 0 Å². The lowest BCUT2D eigenvalue weighted by molar-refractivity contribution is 1.22. The van der Waals surface area contributed by atoms with E-state index in [4.69, 9.17) is 0 Å². The van der Waals surface area contributed by atoms with Crippen LogP contribution in [0.15, 0.2) is 41.4 Å². The van der Waals surface area contributed by atoms with Crippen molar-refractivity contribution in [1.29, 1.82) is 0 Å². The predicted octanol–water partition coefficient (Wildman–Crippen LogP) is 4.03. The zero-order valence-electron chi connectivity index (χ0n) is 11.0. The molecule has 0 aliphatic rings. The minimum Gasteiger partial charge on any atom is -0.373 e. The first-order chi connectivity index (χ1) is 8.70. The molecular weight excluding hydrogens is 240 g/mol. The molecule has 2 aromatic rings. The maximum Gasteiger partial charge on any atom is 0.129 e. The number of nitrogens with zero attached hydrogens (tertiary/aromatic N) is 1. The summed E-state index contributed by atoms with van der Waals surface area (Å²) in [7, 11) is 1.91. The lowest BCUT2D eigenvalue weighted by Gasteiger charge is -2.08. The van der Waals surface area contributed by atoms with E-state index in [1.54, 1.807) is 0 Å². The largest absolute Gasteiger partial charge is 0.373 e. The molecule has 94 valence electrons. The molecule has 1 heterocycles. The van der Waals surface area contributed by atoms with Crippen LogP contribution in [0.25, 0.3) is 0 Å². The smallest absolute Gasteiger partial charge is 0.129 e. The van der Waals surface area contributed by atoms with Crippen LogP contribution in [0.1, 0.15) is 16.7 Å². The average molecular weight is 258 g/mol. The van der Waals surface area contributed by atoms with Crippen LogP contribution in [0, 0.1) is 13.8 Å². The van der Waals surface area contributed by atoms with E-state index in [0.717, 1.165) is 11.6 Å². The molecule has 0 amide bonds. The number of hydrogen-bond acceptors (Lipinski definition) is 3. The fraction of sp³-hybridized carbons (Fsp3) is 0.267. The fourth-order valence-electron chi connectivity index (χ4n) is 1.74. The first kappa shape index (κ1) is 13.0. The Kier molecular flexibility index (Phi) is 4.26. The molecular formula is C15H18N2S. The summed E-state index contributed by atoms with van der Waals surface area (Å²) in [4.78, 5) is 5.63. The second-order valence-corrected chi connectivity index (χ2v) is 5.34. The topological polar surface area (TPSA) is 24.9 Å². The molecule has 1 N–H and O–H groups in total. The van der Waals surface area contributed by atoms with Crippen LogP contribution in [-0.4, -0.2) is 12.0 Å². The Morgan fingerprint density at radius 3 is 2.72 bits per heavy atom. The van der Waals surface area contributed by atoms with Crippen molar-refractivity contribution in [2.75, 3.05) is 12.4 Å². The second-order valence-electron chi connectivity index (χ2n) is 4.30. The van der Waals surface area contributed by atoms with E-state index in [1.165, 1.54) is 21.6 Å². The molecule has 1 aromatic heterocycles. The highest BCUT2D eigenvalue weighted by Gasteiger charge is 2.03. The van der Waals surface area contributed by atoms with Crippen LogP contribution in [0.2, 0.25) is 0 Å². The number of aryl methyl sites for hydroxylation is 2. The molecule has 18 heavy (non-hydrogen) atoms. The monoisotopic (exact) mass is 258 g/mol. The number of anilines is 1. The molecule has 1 aromatic carbocycles. The lowest BCUT2D eigenvalue weighted by atomic mass is 10.1. The molecule has 0 saturated heterocycles. The van der Waals surface area contributed by atoms with Crippen molar-refractivity contribution in [2.45, 2.75) is 24.5 Å². The summed E-state index contributed by atoms with van der Waals surface area (Å²) < 4.78 is 0. The average Bonchev–Trinajstić information content (AvgIpc) is 2.40. The van der Waals surface area contributed by atoms with Gasteiger partial charge in [0.05, 0.1) is 0 Å². The SMILES string of the molecule is CNc1ncccc1CSc1ccc(C)c(C)c1. The van der Waals surface area contributed by atoms with Crippen LogP contribution < -0.4 is 5.32 Å². The molecule has 0 radical (unpaired) electrons. The Labute approximate surface area is 113 Å². The highest BCUT2D eigenvalue weighted by atomic mass is 32.2. The molecule has 2 rings (SSSR count). The summed E-state index contributed by atoms with van der Waals surface area (Å²) in [6, 6.07) is 10.7. The molecule has 0 atom stereocenters. The summed E-state index contributed by atoms with van der Waals surface area (Å²) >= 11 is 1.85. The molecule has 0 fully saturated rings. The van der Waals surface area contributed by atoms with Crippen molar-refractivity contribution in [3.63, 3.8) is 0 Å². The maximum atomic E-state index is 4.32. The van der Waals surface area contributed by atoms with Gasteiger partial charge in [-0.2, -0.15) is 0 Å². The van der Waals surface area contributed by atoms with E-state index in [2.05, 4.69) is 48.4 Å². The number of nitrogens with one attached hydrogen (secondary N) is 1. The first-order valence-corrected chi connectivity index (χ1v) is 7.01. The van der Waals surface area contributed by atoms with Gasteiger partial charge in [0.15, 0.2) is 0 Å². The van der Waals surface area contributed by atoms with E-state index in [-0.39, 0.29) is 0 Å². The Hall–Kier alpha value is -1.48. The van der Waals surface area contributed by atoms with Crippen molar-refractivity contribution >= 4 is 17.6 Å². The lowest BCUT2D eigenvalue weighted by Crippen LogP contribution is -1.96. The minimum atomic E-state index is 0.937. The van der Waals surface area contributed by atoms with E-state index < -0.39 is 0 Å². The molecule has 0 aliphatic heterocycles. The van der Waals surface area contributed by atoms with Gasteiger partial charge in [0.2, 0.25) is 0 Å². The van der Waals surface area contributed by atoms with Gasteiger partial charge in [0, 0.05) is 29.5 Å². The number of thioether (sulfide) groups is 1. The summed E-state index contributed by atoms with van der Waals surface area (Å²) in [5, 5.41) is 3.13. The Bertz CT molecular complexity index is 538. The van der Waals surface area contributed by atoms with E-state index in [1.807, 2.05) is 31.1 Å². The summed E-state index contributed by atoms with van der Waals surface area (Å²) in [5.41, 5.74) is 3.93. The first-order valence-electron chi connectivity index (χ1n) is 6.02. The van der Waals surface area contributed by atoms with Gasteiger partial charge in [-0.05, 0) is 43.2 Å². The number of rotatable bonds is 4. The fourth-order valence-corrected chi connectivity index (χ4v) is 2.72.